The van der Waals surface area contributed by atoms with E-state index in [4.69, 9.17) is 5.73 Å². The fourth-order valence-corrected chi connectivity index (χ4v) is 4.83. The first-order chi connectivity index (χ1) is 16.3. The Morgan fingerprint density at radius 3 is 2.09 bits per heavy atom. The average molecular weight is 452 g/mol. The first kappa shape index (κ1) is 25.3. The van der Waals surface area contributed by atoms with E-state index in [1.54, 1.807) is 6.33 Å². The van der Waals surface area contributed by atoms with Crippen LogP contribution in [0.15, 0.2) is 30.6 Å². The fraction of sp³-hybridized carbons (Fsp3) is 0.643. The maximum atomic E-state index is 6.45. The first-order valence-corrected chi connectivity index (χ1v) is 13.5. The monoisotopic (exact) mass is 451 g/mol. The van der Waals surface area contributed by atoms with E-state index >= 15 is 0 Å². The molecule has 5 nitrogen and oxygen atoms in total. The topological polar surface area (TPSA) is 67.1 Å². The third-order valence-corrected chi connectivity index (χ3v) is 6.83. The van der Waals surface area contributed by atoms with Gasteiger partial charge in [0.25, 0.3) is 0 Å². The molecule has 0 spiro atoms. The molecule has 1 aliphatic heterocycles. The zero-order chi connectivity index (χ0) is 23.1. The molecule has 5 heteroatoms. The molecule has 0 unspecified atom stereocenters. The zero-order valence-corrected chi connectivity index (χ0v) is 20.8. The highest BCUT2D eigenvalue weighted by molar-refractivity contribution is 5.81. The van der Waals surface area contributed by atoms with Crippen molar-refractivity contribution < 1.29 is 0 Å². The molecule has 1 aromatic heterocycles. The van der Waals surface area contributed by atoms with Crippen molar-refractivity contribution in [2.24, 2.45) is 0 Å². The van der Waals surface area contributed by atoms with Crippen LogP contribution >= 0.6 is 0 Å². The van der Waals surface area contributed by atoms with Crippen molar-refractivity contribution in [3.8, 4) is 0 Å². The number of nitrogens with one attached hydrogen (secondary N) is 1. The Kier molecular flexibility index (Phi) is 11.3. The Morgan fingerprint density at radius 1 is 0.818 bits per heavy atom. The minimum atomic E-state index is 0.652. The lowest BCUT2D eigenvalue weighted by atomic mass is 10.0. The maximum Gasteiger partial charge on any atom is 0.161 e. The number of benzene rings is 1. The summed E-state index contributed by atoms with van der Waals surface area (Å²) >= 11 is 0. The van der Waals surface area contributed by atoms with Crippen LogP contribution in [0.5, 0.6) is 0 Å². The number of nitrogen functional groups attached to an aromatic ring is 1. The molecule has 0 saturated heterocycles. The van der Waals surface area contributed by atoms with E-state index in [1.165, 1.54) is 94.7 Å². The third-order valence-electron chi connectivity index (χ3n) is 6.83. The van der Waals surface area contributed by atoms with Gasteiger partial charge in [0.2, 0.25) is 0 Å². The van der Waals surface area contributed by atoms with Gasteiger partial charge in [0.1, 0.15) is 12.0 Å². The van der Waals surface area contributed by atoms with E-state index < -0.39 is 0 Å². The highest BCUT2D eigenvalue weighted by atomic mass is 15.2. The molecular weight excluding hydrogens is 406 g/mol. The molecule has 2 heterocycles. The lowest BCUT2D eigenvalue weighted by Crippen LogP contribution is -2.18. The van der Waals surface area contributed by atoms with Crippen molar-refractivity contribution >= 4 is 23.0 Å². The van der Waals surface area contributed by atoms with Crippen LogP contribution in [0.3, 0.4) is 0 Å². The second kappa shape index (κ2) is 14.8. The summed E-state index contributed by atoms with van der Waals surface area (Å²) in [6.07, 6.45) is 21.9. The first-order valence-electron chi connectivity index (χ1n) is 13.5. The quantitative estimate of drug-likeness (QED) is 0.242. The van der Waals surface area contributed by atoms with Crippen LogP contribution < -0.4 is 16.0 Å². The normalized spacial score (nSPS) is 12.8. The van der Waals surface area contributed by atoms with E-state index in [2.05, 4.69) is 51.4 Å². The van der Waals surface area contributed by atoms with Crippen LogP contribution in [0.2, 0.25) is 0 Å². The number of fused-ring (bicyclic) bond motifs is 1. The molecule has 3 rings (SSSR count). The van der Waals surface area contributed by atoms with Gasteiger partial charge in [-0.25, -0.2) is 9.97 Å². The molecule has 0 saturated carbocycles. The van der Waals surface area contributed by atoms with Gasteiger partial charge in [-0.05, 0) is 24.5 Å². The van der Waals surface area contributed by atoms with Crippen molar-refractivity contribution in [2.45, 2.75) is 103 Å². The molecule has 0 atom stereocenters. The smallest absolute Gasteiger partial charge is 0.161 e. The molecular formula is C28H45N5. The average Bonchev–Trinajstić information content (AvgIpc) is 3.26. The number of nitrogens with two attached hydrogens (primary N) is 1. The van der Waals surface area contributed by atoms with Crippen molar-refractivity contribution in [1.82, 2.24) is 9.97 Å². The van der Waals surface area contributed by atoms with E-state index in [-0.39, 0.29) is 0 Å². The number of hydrogen-bond donors (Lipinski definition) is 2. The second-order valence-corrected chi connectivity index (χ2v) is 9.51. The third kappa shape index (κ3) is 8.21. The lowest BCUT2D eigenvalue weighted by molar-refractivity contribution is 0.537. The number of rotatable bonds is 17. The minimum absolute atomic E-state index is 0.652. The molecule has 182 valence electrons. The van der Waals surface area contributed by atoms with E-state index in [0.717, 1.165) is 37.6 Å². The summed E-state index contributed by atoms with van der Waals surface area (Å²) in [6.45, 7) is 4.11. The maximum absolute atomic E-state index is 6.45. The summed E-state index contributed by atoms with van der Waals surface area (Å²) in [7, 11) is 0. The number of unbranched alkanes of at least 4 members (excludes halogenated alkanes) is 13. The van der Waals surface area contributed by atoms with E-state index in [1.807, 2.05) is 0 Å². The van der Waals surface area contributed by atoms with Gasteiger partial charge in [-0.1, -0.05) is 109 Å². The lowest BCUT2D eigenvalue weighted by Gasteiger charge is -2.21. The Bertz CT molecular complexity index is 807. The van der Waals surface area contributed by atoms with Crippen molar-refractivity contribution in [3.05, 3.63) is 36.2 Å². The van der Waals surface area contributed by atoms with Gasteiger partial charge in [-0.15, -0.1) is 0 Å². The molecule has 0 aliphatic carbocycles. The van der Waals surface area contributed by atoms with Gasteiger partial charge in [0.15, 0.2) is 11.6 Å². The molecule has 2 aromatic rings. The SMILES string of the molecule is CCCCCCCCCCCCCCCCNc1ncnc(N2CCc3ccccc32)c1N. The van der Waals surface area contributed by atoms with Crippen LogP contribution in [0.1, 0.15) is 102 Å². The molecule has 0 bridgehead atoms. The van der Waals surface area contributed by atoms with Crippen molar-refractivity contribution in [3.63, 3.8) is 0 Å². The molecule has 0 fully saturated rings. The molecule has 0 amide bonds. The number of nitrogens with zero attached hydrogens (tertiary/aromatic N) is 3. The van der Waals surface area contributed by atoms with Gasteiger partial charge in [0.05, 0.1) is 0 Å². The minimum Gasteiger partial charge on any atom is -0.393 e. The summed E-state index contributed by atoms with van der Waals surface area (Å²) in [4.78, 5) is 11.1. The van der Waals surface area contributed by atoms with Gasteiger partial charge in [-0.3, -0.25) is 0 Å². The largest absolute Gasteiger partial charge is 0.393 e. The molecule has 33 heavy (non-hydrogen) atoms. The van der Waals surface area contributed by atoms with Gasteiger partial charge in [0, 0.05) is 18.8 Å². The number of aromatic nitrogens is 2. The van der Waals surface area contributed by atoms with E-state index in [9.17, 15) is 0 Å². The molecule has 3 N–H and O–H groups in total. The summed E-state index contributed by atoms with van der Waals surface area (Å²) in [5, 5.41) is 3.44. The summed E-state index contributed by atoms with van der Waals surface area (Å²) in [5.41, 5.74) is 9.67. The number of hydrogen-bond acceptors (Lipinski definition) is 5. The summed E-state index contributed by atoms with van der Waals surface area (Å²) in [5.74, 6) is 1.58. The zero-order valence-electron chi connectivity index (χ0n) is 20.8. The Labute approximate surface area is 201 Å². The summed E-state index contributed by atoms with van der Waals surface area (Å²) < 4.78 is 0. The standard InChI is InChI=1S/C28H45N5/c1-2-3-4-5-6-7-8-9-10-11-12-13-14-17-21-30-27-26(29)28(32-23-31-27)33-22-20-24-18-15-16-19-25(24)33/h15-16,18-19,23H,2-14,17,20-22,29H2,1H3,(H,30,31,32). The fourth-order valence-electron chi connectivity index (χ4n) is 4.83. The Balaban J connectivity index is 1.25. The number of para-hydroxylation sites is 1. The van der Waals surface area contributed by atoms with Crippen LogP contribution in [0.25, 0.3) is 0 Å². The number of anilines is 4. The summed E-state index contributed by atoms with van der Waals surface area (Å²) in [6, 6.07) is 8.49. The van der Waals surface area contributed by atoms with Gasteiger partial charge >= 0.3 is 0 Å². The highest BCUT2D eigenvalue weighted by Crippen LogP contribution is 2.37. The van der Waals surface area contributed by atoms with Crippen LogP contribution in [0.4, 0.5) is 23.0 Å². The molecule has 1 aliphatic rings. The second-order valence-electron chi connectivity index (χ2n) is 9.51. The van der Waals surface area contributed by atoms with Gasteiger partial charge < -0.3 is 16.0 Å². The van der Waals surface area contributed by atoms with Gasteiger partial charge in [-0.2, -0.15) is 0 Å². The Morgan fingerprint density at radius 2 is 1.42 bits per heavy atom. The van der Waals surface area contributed by atoms with Crippen molar-refractivity contribution in [2.75, 3.05) is 29.0 Å². The van der Waals surface area contributed by atoms with Crippen LogP contribution in [-0.2, 0) is 6.42 Å². The van der Waals surface area contributed by atoms with E-state index in [0.29, 0.717) is 5.69 Å². The molecule has 1 aromatic carbocycles. The molecule has 0 radical (unpaired) electrons. The predicted molar refractivity (Wildman–Crippen MR) is 142 cm³/mol. The van der Waals surface area contributed by atoms with Crippen LogP contribution in [-0.4, -0.2) is 23.1 Å². The predicted octanol–water partition coefficient (Wildman–Crippen LogP) is 7.65. The van der Waals surface area contributed by atoms with Crippen molar-refractivity contribution in [1.29, 1.82) is 0 Å². The Hall–Kier alpha value is -2.30. The van der Waals surface area contributed by atoms with Crippen LogP contribution in [0, 0.1) is 0 Å². The highest BCUT2D eigenvalue weighted by Gasteiger charge is 2.23.